The topological polar surface area (TPSA) is 56.4 Å². The Hall–Kier alpha value is -2.79. The number of rotatable bonds is 5. The van der Waals surface area contributed by atoms with Gasteiger partial charge < -0.3 is 14.8 Å². The molecular formula is C26H28ClN3O2. The van der Waals surface area contributed by atoms with Crippen molar-refractivity contribution in [3.05, 3.63) is 70.4 Å². The molecule has 0 unspecified atom stereocenters. The van der Waals surface area contributed by atoms with E-state index < -0.39 is 5.54 Å². The SMILES string of the molecule is CCCCCN1CC(=O)N2C[C@H](c3ccccc3Cl)c3c([nH]c4ccccc34)[C@@]2(C)C1=O. The maximum atomic E-state index is 13.9. The first-order chi connectivity index (χ1) is 15.5. The molecule has 0 spiro atoms. The molecule has 0 radical (unpaired) electrons. The van der Waals surface area contributed by atoms with Crippen LogP contribution in [0.1, 0.15) is 55.8 Å². The first-order valence-electron chi connectivity index (χ1n) is 11.4. The molecule has 1 N–H and O–H groups in total. The van der Waals surface area contributed by atoms with E-state index in [2.05, 4.69) is 18.0 Å². The zero-order valence-electron chi connectivity index (χ0n) is 18.5. The minimum atomic E-state index is -1.05. The summed E-state index contributed by atoms with van der Waals surface area (Å²) in [5, 5.41) is 1.76. The van der Waals surface area contributed by atoms with Crippen LogP contribution in [0.15, 0.2) is 48.5 Å². The highest BCUT2D eigenvalue weighted by Gasteiger charge is 2.56. The van der Waals surface area contributed by atoms with E-state index in [4.69, 9.17) is 11.6 Å². The first-order valence-corrected chi connectivity index (χ1v) is 11.8. The van der Waals surface area contributed by atoms with Gasteiger partial charge in [0, 0.05) is 34.9 Å². The monoisotopic (exact) mass is 449 g/mol. The van der Waals surface area contributed by atoms with Crippen LogP contribution in [0.4, 0.5) is 0 Å². The molecule has 5 rings (SSSR count). The van der Waals surface area contributed by atoms with Crippen molar-refractivity contribution in [2.45, 2.75) is 44.6 Å². The molecule has 0 saturated carbocycles. The molecule has 6 heteroatoms. The number of aromatic nitrogens is 1. The summed E-state index contributed by atoms with van der Waals surface area (Å²) in [4.78, 5) is 34.3. The van der Waals surface area contributed by atoms with Crippen LogP contribution in [0.3, 0.4) is 0 Å². The van der Waals surface area contributed by atoms with Crippen molar-refractivity contribution in [2.75, 3.05) is 19.6 Å². The van der Waals surface area contributed by atoms with Crippen LogP contribution < -0.4 is 0 Å². The molecule has 2 amide bonds. The van der Waals surface area contributed by atoms with Crippen LogP contribution in [0.25, 0.3) is 10.9 Å². The summed E-state index contributed by atoms with van der Waals surface area (Å²) >= 11 is 6.62. The number of aromatic amines is 1. The van der Waals surface area contributed by atoms with E-state index in [0.29, 0.717) is 18.1 Å². The molecule has 0 aliphatic carbocycles. The second-order valence-electron chi connectivity index (χ2n) is 9.04. The van der Waals surface area contributed by atoms with Crippen molar-refractivity contribution < 1.29 is 9.59 Å². The van der Waals surface area contributed by atoms with E-state index in [1.54, 1.807) is 9.80 Å². The Labute approximate surface area is 193 Å². The van der Waals surface area contributed by atoms with Crippen LogP contribution in [0.2, 0.25) is 5.02 Å². The average molecular weight is 450 g/mol. The third-order valence-electron chi connectivity index (χ3n) is 7.13. The van der Waals surface area contributed by atoms with E-state index in [1.807, 2.05) is 49.4 Å². The van der Waals surface area contributed by atoms with Crippen LogP contribution in [0.5, 0.6) is 0 Å². The van der Waals surface area contributed by atoms with E-state index in [1.165, 1.54) is 0 Å². The summed E-state index contributed by atoms with van der Waals surface area (Å²) in [6, 6.07) is 15.9. The number of hydrogen-bond donors (Lipinski definition) is 1. The summed E-state index contributed by atoms with van der Waals surface area (Å²) in [6.07, 6.45) is 3.03. The molecule has 32 heavy (non-hydrogen) atoms. The molecule has 2 aromatic carbocycles. The van der Waals surface area contributed by atoms with Gasteiger partial charge in [0.1, 0.15) is 0 Å². The molecular weight excluding hydrogens is 422 g/mol. The van der Waals surface area contributed by atoms with Crippen molar-refractivity contribution in [2.24, 2.45) is 0 Å². The maximum absolute atomic E-state index is 13.9. The summed E-state index contributed by atoms with van der Waals surface area (Å²) in [6.45, 7) is 5.23. The van der Waals surface area contributed by atoms with Crippen molar-refractivity contribution >= 4 is 34.3 Å². The van der Waals surface area contributed by atoms with E-state index in [0.717, 1.165) is 47.0 Å². The van der Waals surface area contributed by atoms with Gasteiger partial charge in [-0.3, -0.25) is 9.59 Å². The summed E-state index contributed by atoms with van der Waals surface area (Å²) < 4.78 is 0. The first kappa shape index (κ1) is 21.1. The smallest absolute Gasteiger partial charge is 0.254 e. The van der Waals surface area contributed by atoms with Gasteiger partial charge in [0.05, 0.1) is 12.2 Å². The minimum Gasteiger partial charge on any atom is -0.356 e. The van der Waals surface area contributed by atoms with Crippen LogP contribution in [0, 0.1) is 0 Å². The van der Waals surface area contributed by atoms with Gasteiger partial charge >= 0.3 is 0 Å². The highest BCUT2D eigenvalue weighted by molar-refractivity contribution is 6.31. The predicted molar refractivity (Wildman–Crippen MR) is 127 cm³/mol. The number of nitrogens with zero attached hydrogens (tertiary/aromatic N) is 2. The van der Waals surface area contributed by atoms with Gasteiger partial charge in [0.15, 0.2) is 5.54 Å². The van der Waals surface area contributed by atoms with Crippen molar-refractivity contribution in [1.29, 1.82) is 0 Å². The Kier molecular flexibility index (Phi) is 5.25. The molecule has 1 fully saturated rings. The number of unbranched alkanes of at least 4 members (excludes halogenated alkanes) is 2. The van der Waals surface area contributed by atoms with Gasteiger partial charge in [-0.05, 0) is 36.6 Å². The fraction of sp³-hybridized carbons (Fsp3) is 0.385. The van der Waals surface area contributed by atoms with Crippen LogP contribution in [-0.2, 0) is 15.1 Å². The number of hydrogen-bond acceptors (Lipinski definition) is 2. The van der Waals surface area contributed by atoms with Crippen molar-refractivity contribution in [3.8, 4) is 0 Å². The average Bonchev–Trinajstić information content (AvgIpc) is 3.19. The number of piperazine rings is 1. The highest BCUT2D eigenvalue weighted by atomic mass is 35.5. The molecule has 166 valence electrons. The Morgan fingerprint density at radius 2 is 1.84 bits per heavy atom. The van der Waals surface area contributed by atoms with E-state index in [9.17, 15) is 9.59 Å². The molecule has 5 nitrogen and oxygen atoms in total. The lowest BCUT2D eigenvalue weighted by molar-refractivity contribution is -0.166. The normalized spacial score (nSPS) is 22.9. The zero-order chi connectivity index (χ0) is 22.5. The van der Waals surface area contributed by atoms with Gasteiger partial charge in [0.2, 0.25) is 5.91 Å². The molecule has 0 bridgehead atoms. The number of halogens is 1. The van der Waals surface area contributed by atoms with Gasteiger partial charge in [-0.2, -0.15) is 0 Å². The molecule has 3 aromatic rings. The van der Waals surface area contributed by atoms with Crippen molar-refractivity contribution in [3.63, 3.8) is 0 Å². The number of carbonyl (C=O) groups excluding carboxylic acids is 2. The standard InChI is InChI=1S/C26H28ClN3O2/c1-3-4-9-14-29-16-22(31)30-15-19(17-10-5-7-12-20(17)27)23-18-11-6-8-13-21(18)28-24(23)26(30,2)25(29)32/h5-8,10-13,19,28H,3-4,9,14-16H2,1-2H3/t19-,26+/m1/s1. The highest BCUT2D eigenvalue weighted by Crippen LogP contribution is 2.49. The second-order valence-corrected chi connectivity index (χ2v) is 9.45. The number of para-hydroxylation sites is 1. The molecule has 2 aliphatic rings. The summed E-state index contributed by atoms with van der Waals surface area (Å²) in [5.41, 5.74) is 2.79. The van der Waals surface area contributed by atoms with Gasteiger partial charge in [-0.1, -0.05) is 67.8 Å². The Bertz CT molecular complexity index is 1200. The number of H-pyrrole nitrogens is 1. The number of fused-ring (bicyclic) bond motifs is 5. The predicted octanol–water partition coefficient (Wildman–Crippen LogP) is 5.04. The van der Waals surface area contributed by atoms with Crippen LogP contribution >= 0.6 is 11.6 Å². The van der Waals surface area contributed by atoms with Gasteiger partial charge in [-0.15, -0.1) is 0 Å². The molecule has 2 aliphatic heterocycles. The Balaban J connectivity index is 1.69. The van der Waals surface area contributed by atoms with Gasteiger partial charge in [0.25, 0.3) is 5.91 Å². The summed E-state index contributed by atoms with van der Waals surface area (Å²) in [5.74, 6) is -0.116. The quantitative estimate of drug-likeness (QED) is 0.554. The largest absolute Gasteiger partial charge is 0.356 e. The third kappa shape index (κ3) is 3.06. The fourth-order valence-corrected chi connectivity index (χ4v) is 5.72. The number of amides is 2. The van der Waals surface area contributed by atoms with Gasteiger partial charge in [-0.25, -0.2) is 0 Å². The molecule has 3 heterocycles. The van der Waals surface area contributed by atoms with Crippen LogP contribution in [-0.4, -0.2) is 46.2 Å². The summed E-state index contributed by atoms with van der Waals surface area (Å²) in [7, 11) is 0. The number of benzene rings is 2. The van der Waals surface area contributed by atoms with E-state index >= 15 is 0 Å². The molecule has 2 atom stereocenters. The fourth-order valence-electron chi connectivity index (χ4n) is 5.45. The molecule has 1 aromatic heterocycles. The zero-order valence-corrected chi connectivity index (χ0v) is 19.3. The van der Waals surface area contributed by atoms with Crippen molar-refractivity contribution in [1.82, 2.24) is 14.8 Å². The van der Waals surface area contributed by atoms with E-state index in [-0.39, 0.29) is 24.3 Å². The Morgan fingerprint density at radius 1 is 1.09 bits per heavy atom. The maximum Gasteiger partial charge on any atom is 0.254 e. The Morgan fingerprint density at radius 3 is 2.62 bits per heavy atom. The second kappa shape index (κ2) is 7.96. The lowest BCUT2D eigenvalue weighted by Gasteiger charge is -2.51. The number of nitrogens with one attached hydrogen (secondary N) is 1. The third-order valence-corrected chi connectivity index (χ3v) is 7.47. The minimum absolute atomic E-state index is 0.00128. The number of carbonyl (C=O) groups is 2. The lowest BCUT2D eigenvalue weighted by Crippen LogP contribution is -2.67. The lowest BCUT2D eigenvalue weighted by atomic mass is 9.76. The molecule has 1 saturated heterocycles.